The van der Waals surface area contributed by atoms with Crippen LogP contribution in [0.25, 0.3) is 10.1 Å². The molecular formula is C19H15Cl2NO5S. The van der Waals surface area contributed by atoms with E-state index >= 15 is 0 Å². The number of hydrogen-bond donors (Lipinski definition) is 1. The zero-order valence-electron chi connectivity index (χ0n) is 14.9. The maximum absolute atomic E-state index is 12.3. The topological polar surface area (TPSA) is 73.9 Å². The average molecular weight is 440 g/mol. The predicted octanol–water partition coefficient (Wildman–Crippen LogP) is 5.02. The smallest absolute Gasteiger partial charge is 0.350 e. The van der Waals surface area contributed by atoms with Crippen molar-refractivity contribution in [2.75, 3.05) is 26.1 Å². The average Bonchev–Trinajstić information content (AvgIpc) is 3.01. The summed E-state index contributed by atoms with van der Waals surface area (Å²) in [7, 11) is 2.99. The second-order valence-electron chi connectivity index (χ2n) is 5.58. The zero-order valence-corrected chi connectivity index (χ0v) is 17.2. The van der Waals surface area contributed by atoms with E-state index in [0.29, 0.717) is 27.6 Å². The zero-order chi connectivity index (χ0) is 20.3. The fourth-order valence-electron chi connectivity index (χ4n) is 2.46. The first-order valence-corrected chi connectivity index (χ1v) is 9.56. The Bertz CT molecular complexity index is 1050. The van der Waals surface area contributed by atoms with Gasteiger partial charge in [-0.3, -0.25) is 4.79 Å². The molecule has 0 radical (unpaired) electrons. The summed E-state index contributed by atoms with van der Waals surface area (Å²) in [6.45, 7) is -0.482. The largest absolute Gasteiger partial charge is 0.497 e. The summed E-state index contributed by atoms with van der Waals surface area (Å²) in [5.41, 5.74) is 0.400. The number of anilines is 1. The third-order valence-corrected chi connectivity index (χ3v) is 5.66. The summed E-state index contributed by atoms with van der Waals surface area (Å²) < 4.78 is 16.2. The van der Waals surface area contributed by atoms with E-state index in [2.05, 4.69) is 5.32 Å². The number of methoxy groups -OCH3 is 2. The van der Waals surface area contributed by atoms with Gasteiger partial charge in [0.25, 0.3) is 5.91 Å². The monoisotopic (exact) mass is 439 g/mol. The van der Waals surface area contributed by atoms with E-state index in [-0.39, 0.29) is 9.90 Å². The van der Waals surface area contributed by atoms with E-state index in [1.807, 2.05) is 0 Å². The van der Waals surface area contributed by atoms with Crippen molar-refractivity contribution in [3.05, 3.63) is 51.3 Å². The van der Waals surface area contributed by atoms with Crippen LogP contribution in [-0.4, -0.2) is 32.7 Å². The van der Waals surface area contributed by atoms with Crippen molar-refractivity contribution in [2.45, 2.75) is 0 Å². The normalized spacial score (nSPS) is 10.6. The van der Waals surface area contributed by atoms with Crippen molar-refractivity contribution in [1.29, 1.82) is 0 Å². The number of esters is 1. The van der Waals surface area contributed by atoms with Gasteiger partial charge in [0, 0.05) is 21.2 Å². The van der Waals surface area contributed by atoms with Gasteiger partial charge in [-0.2, -0.15) is 0 Å². The molecule has 1 aromatic heterocycles. The molecule has 3 aromatic rings. The maximum atomic E-state index is 12.3. The van der Waals surface area contributed by atoms with Gasteiger partial charge in [-0.15, -0.1) is 11.3 Å². The number of thiophene rings is 1. The van der Waals surface area contributed by atoms with Crippen LogP contribution in [0.3, 0.4) is 0 Å². The second-order valence-corrected chi connectivity index (χ2v) is 7.44. The number of benzene rings is 2. The molecule has 0 saturated heterocycles. The fourth-order valence-corrected chi connectivity index (χ4v) is 4.14. The minimum Gasteiger partial charge on any atom is -0.497 e. The van der Waals surface area contributed by atoms with Crippen molar-refractivity contribution in [3.8, 4) is 11.5 Å². The molecular weight excluding hydrogens is 425 g/mol. The Morgan fingerprint density at radius 1 is 1.07 bits per heavy atom. The molecule has 0 aliphatic carbocycles. The Morgan fingerprint density at radius 2 is 1.86 bits per heavy atom. The fraction of sp³-hybridized carbons (Fsp3) is 0.158. The Kier molecular flexibility index (Phi) is 6.28. The van der Waals surface area contributed by atoms with Crippen molar-refractivity contribution in [3.63, 3.8) is 0 Å². The molecule has 1 heterocycles. The van der Waals surface area contributed by atoms with Crippen LogP contribution in [-0.2, 0) is 9.53 Å². The quantitative estimate of drug-likeness (QED) is 0.545. The molecule has 0 unspecified atom stereocenters. The van der Waals surface area contributed by atoms with Crippen molar-refractivity contribution >= 4 is 62.2 Å². The van der Waals surface area contributed by atoms with E-state index in [1.165, 1.54) is 14.2 Å². The highest BCUT2D eigenvalue weighted by molar-refractivity contribution is 7.21. The number of carbonyl (C=O) groups is 2. The van der Waals surface area contributed by atoms with Crippen LogP contribution >= 0.6 is 34.5 Å². The SMILES string of the molecule is COc1ccc(OC)c(NC(=O)COC(=O)c2sc3cc(Cl)ccc3c2Cl)c1. The van der Waals surface area contributed by atoms with Crippen LogP contribution in [0.1, 0.15) is 9.67 Å². The van der Waals surface area contributed by atoms with Crippen LogP contribution in [0.5, 0.6) is 11.5 Å². The number of fused-ring (bicyclic) bond motifs is 1. The third kappa shape index (κ3) is 4.32. The molecule has 0 spiro atoms. The van der Waals surface area contributed by atoms with Gasteiger partial charge in [0.1, 0.15) is 16.4 Å². The van der Waals surface area contributed by atoms with Crippen molar-refractivity contribution in [2.24, 2.45) is 0 Å². The number of ether oxygens (including phenoxy) is 3. The van der Waals surface area contributed by atoms with Gasteiger partial charge in [-0.05, 0) is 24.3 Å². The van der Waals surface area contributed by atoms with E-state index in [9.17, 15) is 9.59 Å². The van der Waals surface area contributed by atoms with Crippen LogP contribution in [0.4, 0.5) is 5.69 Å². The minimum absolute atomic E-state index is 0.214. The minimum atomic E-state index is -0.685. The molecule has 0 fully saturated rings. The summed E-state index contributed by atoms with van der Waals surface area (Å²) in [4.78, 5) is 24.7. The summed E-state index contributed by atoms with van der Waals surface area (Å²) in [5, 5.41) is 4.14. The highest BCUT2D eigenvalue weighted by Gasteiger charge is 2.20. The van der Waals surface area contributed by atoms with Gasteiger partial charge in [0.05, 0.1) is 24.9 Å². The molecule has 3 rings (SSSR count). The van der Waals surface area contributed by atoms with E-state index in [1.54, 1.807) is 36.4 Å². The summed E-state index contributed by atoms with van der Waals surface area (Å²) in [6.07, 6.45) is 0. The molecule has 1 amide bonds. The molecule has 1 N–H and O–H groups in total. The lowest BCUT2D eigenvalue weighted by Gasteiger charge is -2.11. The molecule has 0 aliphatic heterocycles. The molecule has 0 bridgehead atoms. The molecule has 2 aromatic carbocycles. The van der Waals surface area contributed by atoms with Gasteiger partial charge in [-0.25, -0.2) is 4.79 Å². The summed E-state index contributed by atoms with van der Waals surface area (Å²) >= 11 is 13.4. The lowest BCUT2D eigenvalue weighted by molar-refractivity contribution is -0.119. The highest BCUT2D eigenvalue weighted by atomic mass is 35.5. The number of hydrogen-bond acceptors (Lipinski definition) is 6. The molecule has 6 nitrogen and oxygen atoms in total. The molecule has 0 saturated carbocycles. The predicted molar refractivity (Wildman–Crippen MR) is 110 cm³/mol. The van der Waals surface area contributed by atoms with Crippen LogP contribution in [0.15, 0.2) is 36.4 Å². The highest BCUT2D eigenvalue weighted by Crippen LogP contribution is 2.37. The molecule has 9 heteroatoms. The Balaban J connectivity index is 1.68. The van der Waals surface area contributed by atoms with Crippen LogP contribution in [0, 0.1) is 0 Å². The Labute approximate surface area is 174 Å². The van der Waals surface area contributed by atoms with E-state index < -0.39 is 18.5 Å². The van der Waals surface area contributed by atoms with Gasteiger partial charge in [0.15, 0.2) is 6.61 Å². The Hall–Kier alpha value is -2.48. The maximum Gasteiger partial charge on any atom is 0.350 e. The first-order valence-electron chi connectivity index (χ1n) is 7.99. The number of carbonyl (C=O) groups excluding carboxylic acids is 2. The third-order valence-electron chi connectivity index (χ3n) is 3.79. The van der Waals surface area contributed by atoms with Crippen molar-refractivity contribution < 1.29 is 23.8 Å². The number of nitrogens with one attached hydrogen (secondary N) is 1. The number of amides is 1. The van der Waals surface area contributed by atoms with E-state index in [0.717, 1.165) is 16.0 Å². The number of halogens is 2. The molecule has 0 aliphatic rings. The van der Waals surface area contributed by atoms with Gasteiger partial charge in [0.2, 0.25) is 0 Å². The lowest BCUT2D eigenvalue weighted by Crippen LogP contribution is -2.21. The number of rotatable bonds is 6. The molecule has 0 atom stereocenters. The van der Waals surface area contributed by atoms with Gasteiger partial charge < -0.3 is 19.5 Å². The standard InChI is InChI=1S/C19H15Cl2NO5S/c1-25-11-4-6-14(26-2)13(8-11)22-16(23)9-27-19(24)18-17(21)12-5-3-10(20)7-15(12)28-18/h3-8H,9H2,1-2H3,(H,22,23). The second kappa shape index (κ2) is 8.68. The van der Waals surface area contributed by atoms with Gasteiger partial charge in [-0.1, -0.05) is 29.3 Å². The first kappa shape index (κ1) is 20.3. The Morgan fingerprint density at radius 3 is 2.57 bits per heavy atom. The lowest BCUT2D eigenvalue weighted by atomic mass is 10.2. The molecule has 146 valence electrons. The molecule has 28 heavy (non-hydrogen) atoms. The van der Waals surface area contributed by atoms with Crippen molar-refractivity contribution in [1.82, 2.24) is 0 Å². The van der Waals surface area contributed by atoms with Crippen LogP contribution < -0.4 is 14.8 Å². The van der Waals surface area contributed by atoms with E-state index in [4.69, 9.17) is 37.4 Å². The summed E-state index contributed by atoms with van der Waals surface area (Å²) in [5.74, 6) is -0.219. The first-order chi connectivity index (χ1) is 13.4. The van der Waals surface area contributed by atoms with Crippen LogP contribution in [0.2, 0.25) is 10.0 Å². The van der Waals surface area contributed by atoms with Gasteiger partial charge >= 0.3 is 5.97 Å². The summed E-state index contributed by atoms with van der Waals surface area (Å²) in [6, 6.07) is 10.1.